The van der Waals surface area contributed by atoms with E-state index >= 15 is 0 Å². The average Bonchev–Trinajstić information content (AvgIpc) is 2.54. The molecule has 0 saturated heterocycles. The summed E-state index contributed by atoms with van der Waals surface area (Å²) in [7, 11) is 0. The second kappa shape index (κ2) is 8.11. The smallest absolute Gasteiger partial charge is 0.251 e. The summed E-state index contributed by atoms with van der Waals surface area (Å²) >= 11 is 3.46. The van der Waals surface area contributed by atoms with Gasteiger partial charge in [0.1, 0.15) is 0 Å². The van der Waals surface area contributed by atoms with Crippen LogP contribution >= 0.6 is 15.9 Å². The summed E-state index contributed by atoms with van der Waals surface area (Å²) in [5, 5.41) is 2.88. The molecule has 0 aromatic heterocycles. The van der Waals surface area contributed by atoms with Gasteiger partial charge in [0.2, 0.25) is 5.91 Å². The van der Waals surface area contributed by atoms with Gasteiger partial charge in [-0.05, 0) is 49.2 Å². The molecule has 5 heteroatoms. The van der Waals surface area contributed by atoms with Crippen LogP contribution in [0.15, 0.2) is 46.9 Å². The zero-order chi connectivity index (χ0) is 17.7. The molecule has 126 valence electrons. The number of nitrogens with zero attached hydrogens (tertiary/aromatic N) is 1. The fourth-order valence-corrected chi connectivity index (χ4v) is 2.72. The number of benzene rings is 2. The van der Waals surface area contributed by atoms with E-state index in [9.17, 15) is 9.59 Å². The predicted molar refractivity (Wildman–Crippen MR) is 100 cm³/mol. The summed E-state index contributed by atoms with van der Waals surface area (Å²) in [6.45, 7) is 6.23. The summed E-state index contributed by atoms with van der Waals surface area (Å²) in [6.07, 6.45) is 0. The Morgan fingerprint density at radius 1 is 1.08 bits per heavy atom. The zero-order valence-electron chi connectivity index (χ0n) is 14.1. The van der Waals surface area contributed by atoms with Crippen LogP contribution in [-0.2, 0) is 4.79 Å². The molecular weight excluding hydrogens is 368 g/mol. The van der Waals surface area contributed by atoms with Crippen molar-refractivity contribution in [3.8, 4) is 0 Å². The van der Waals surface area contributed by atoms with E-state index in [1.165, 1.54) is 6.92 Å². The maximum Gasteiger partial charge on any atom is 0.251 e. The first-order chi connectivity index (χ1) is 11.4. The molecule has 2 rings (SSSR count). The molecule has 1 N–H and O–H groups in total. The third kappa shape index (κ3) is 4.45. The van der Waals surface area contributed by atoms with E-state index in [0.717, 1.165) is 21.3 Å². The lowest BCUT2D eigenvalue weighted by Crippen LogP contribution is -2.37. The van der Waals surface area contributed by atoms with Crippen molar-refractivity contribution >= 4 is 33.4 Å². The van der Waals surface area contributed by atoms with Crippen molar-refractivity contribution < 1.29 is 9.59 Å². The number of rotatable bonds is 5. The van der Waals surface area contributed by atoms with Crippen LogP contribution in [0.1, 0.15) is 28.4 Å². The first kappa shape index (κ1) is 18.2. The fourth-order valence-electron chi connectivity index (χ4n) is 2.47. The fraction of sp³-hybridized carbons (Fsp3) is 0.263. The summed E-state index contributed by atoms with van der Waals surface area (Å²) < 4.78 is 1.00. The van der Waals surface area contributed by atoms with Crippen LogP contribution in [0, 0.1) is 13.8 Å². The lowest BCUT2D eigenvalue weighted by molar-refractivity contribution is -0.116. The van der Waals surface area contributed by atoms with Gasteiger partial charge in [0, 0.05) is 35.7 Å². The third-order valence-electron chi connectivity index (χ3n) is 3.84. The maximum atomic E-state index is 12.2. The van der Waals surface area contributed by atoms with E-state index in [-0.39, 0.29) is 11.8 Å². The average molecular weight is 389 g/mol. The van der Waals surface area contributed by atoms with Gasteiger partial charge < -0.3 is 10.2 Å². The molecular formula is C19H21BrN2O2. The van der Waals surface area contributed by atoms with E-state index in [0.29, 0.717) is 18.7 Å². The van der Waals surface area contributed by atoms with Gasteiger partial charge in [-0.25, -0.2) is 0 Å². The van der Waals surface area contributed by atoms with Crippen molar-refractivity contribution in [2.45, 2.75) is 20.8 Å². The maximum absolute atomic E-state index is 12.2. The summed E-state index contributed by atoms with van der Waals surface area (Å²) in [6, 6.07) is 13.2. The van der Waals surface area contributed by atoms with Crippen molar-refractivity contribution in [1.82, 2.24) is 5.32 Å². The number of hydrogen-bond acceptors (Lipinski definition) is 2. The lowest BCUT2D eigenvalue weighted by Gasteiger charge is -2.22. The second-order valence-corrected chi connectivity index (χ2v) is 6.53. The molecule has 2 aromatic rings. The molecule has 0 radical (unpaired) electrons. The van der Waals surface area contributed by atoms with E-state index in [2.05, 4.69) is 21.2 Å². The number of halogens is 1. The molecule has 0 saturated carbocycles. The number of aryl methyl sites for hydroxylation is 2. The molecule has 0 unspecified atom stereocenters. The van der Waals surface area contributed by atoms with Crippen LogP contribution in [0.25, 0.3) is 0 Å². The van der Waals surface area contributed by atoms with Crippen molar-refractivity contribution in [3.05, 3.63) is 63.6 Å². The van der Waals surface area contributed by atoms with Crippen molar-refractivity contribution in [1.29, 1.82) is 0 Å². The first-order valence-electron chi connectivity index (χ1n) is 7.78. The number of anilines is 1. The Labute approximate surface area is 151 Å². The molecule has 2 aromatic carbocycles. The van der Waals surface area contributed by atoms with Gasteiger partial charge in [-0.3, -0.25) is 9.59 Å². The van der Waals surface area contributed by atoms with E-state index in [1.807, 2.05) is 50.2 Å². The number of hydrogen-bond donors (Lipinski definition) is 1. The third-order valence-corrected chi connectivity index (χ3v) is 4.73. The summed E-state index contributed by atoms with van der Waals surface area (Å²) in [5.41, 5.74) is 3.48. The van der Waals surface area contributed by atoms with Crippen LogP contribution in [-0.4, -0.2) is 24.9 Å². The minimum Gasteiger partial charge on any atom is -0.350 e. The zero-order valence-corrected chi connectivity index (χ0v) is 15.7. The monoisotopic (exact) mass is 388 g/mol. The molecule has 0 heterocycles. The van der Waals surface area contributed by atoms with Gasteiger partial charge >= 0.3 is 0 Å². The highest BCUT2D eigenvalue weighted by Gasteiger charge is 2.13. The van der Waals surface area contributed by atoms with Crippen LogP contribution in [0.2, 0.25) is 0 Å². The normalized spacial score (nSPS) is 10.3. The highest BCUT2D eigenvalue weighted by Crippen LogP contribution is 2.23. The number of nitrogens with one attached hydrogen (secondary N) is 1. The summed E-state index contributed by atoms with van der Waals surface area (Å²) in [5.74, 6) is -0.176. The topological polar surface area (TPSA) is 49.4 Å². The van der Waals surface area contributed by atoms with E-state index in [1.54, 1.807) is 11.0 Å². The highest BCUT2D eigenvalue weighted by atomic mass is 79.9. The van der Waals surface area contributed by atoms with Gasteiger partial charge in [0.05, 0.1) is 0 Å². The van der Waals surface area contributed by atoms with Gasteiger partial charge in [-0.15, -0.1) is 0 Å². The quantitative estimate of drug-likeness (QED) is 0.845. The van der Waals surface area contributed by atoms with Gasteiger partial charge in [-0.1, -0.05) is 34.1 Å². The molecule has 4 nitrogen and oxygen atoms in total. The number of carbonyl (C=O) groups excluding carboxylic acids is 2. The van der Waals surface area contributed by atoms with Gasteiger partial charge in [-0.2, -0.15) is 0 Å². The number of carbonyl (C=O) groups is 2. The first-order valence-corrected chi connectivity index (χ1v) is 8.57. The lowest BCUT2D eigenvalue weighted by atomic mass is 10.1. The second-order valence-electron chi connectivity index (χ2n) is 5.67. The minimum absolute atomic E-state index is 0.0538. The van der Waals surface area contributed by atoms with Crippen LogP contribution in [0.3, 0.4) is 0 Å². The highest BCUT2D eigenvalue weighted by molar-refractivity contribution is 9.10. The van der Waals surface area contributed by atoms with Crippen molar-refractivity contribution in [3.63, 3.8) is 0 Å². The van der Waals surface area contributed by atoms with Crippen LogP contribution in [0.4, 0.5) is 5.69 Å². The molecule has 0 aliphatic heterocycles. The Kier molecular flexibility index (Phi) is 6.15. The summed E-state index contributed by atoms with van der Waals surface area (Å²) in [4.78, 5) is 25.8. The molecule has 0 spiro atoms. The molecule has 24 heavy (non-hydrogen) atoms. The molecule has 0 bridgehead atoms. The Morgan fingerprint density at radius 3 is 2.42 bits per heavy atom. The molecule has 2 amide bonds. The van der Waals surface area contributed by atoms with Crippen molar-refractivity contribution in [2.24, 2.45) is 0 Å². The Bertz CT molecular complexity index is 759. The minimum atomic E-state index is -0.122. The largest absolute Gasteiger partial charge is 0.350 e. The van der Waals surface area contributed by atoms with Gasteiger partial charge in [0.15, 0.2) is 0 Å². The molecule has 0 aliphatic carbocycles. The predicted octanol–water partition coefficient (Wildman–Crippen LogP) is 3.85. The van der Waals surface area contributed by atoms with Crippen molar-refractivity contribution in [2.75, 3.05) is 18.0 Å². The number of amides is 2. The van der Waals surface area contributed by atoms with Gasteiger partial charge in [0.25, 0.3) is 5.91 Å². The van der Waals surface area contributed by atoms with Crippen LogP contribution in [0.5, 0.6) is 0 Å². The Hall–Kier alpha value is -2.14. The Balaban J connectivity index is 2.02. The van der Waals surface area contributed by atoms with E-state index in [4.69, 9.17) is 0 Å². The molecule has 0 fully saturated rings. The standard InChI is InChI=1S/C19H21BrN2O2/c1-13-6-4-5-7-17(13)19(24)21-10-11-22(15(3)23)16-8-9-18(20)14(2)12-16/h4-9,12H,10-11H2,1-3H3,(H,21,24). The SMILES string of the molecule is CC(=O)N(CCNC(=O)c1ccccc1C)c1ccc(Br)c(C)c1. The Morgan fingerprint density at radius 2 is 1.79 bits per heavy atom. The molecule has 0 atom stereocenters. The van der Waals surface area contributed by atoms with E-state index < -0.39 is 0 Å². The van der Waals surface area contributed by atoms with Crippen LogP contribution < -0.4 is 10.2 Å². The molecule has 0 aliphatic rings.